The number of carbonyl (C=O) groups excluding carboxylic acids is 1. The van der Waals surface area contributed by atoms with Crippen LogP contribution in [0.5, 0.6) is 23.0 Å². The molecule has 0 heterocycles. The Kier molecular flexibility index (Phi) is 6.53. The Hall–Kier alpha value is -2.49. The number of benzene rings is 2. The second kappa shape index (κ2) is 8.47. The summed E-state index contributed by atoms with van der Waals surface area (Å²) < 4.78 is 17.2. The molecule has 146 valence electrons. The van der Waals surface area contributed by atoms with Crippen LogP contribution in [0.3, 0.4) is 0 Å². The van der Waals surface area contributed by atoms with Gasteiger partial charge in [-0.15, -0.1) is 0 Å². The summed E-state index contributed by atoms with van der Waals surface area (Å²) in [5.74, 6) is 2.49. The van der Waals surface area contributed by atoms with E-state index in [-0.39, 0.29) is 11.6 Å². The van der Waals surface area contributed by atoms with Gasteiger partial charge in [0.1, 0.15) is 28.6 Å². The van der Waals surface area contributed by atoms with Gasteiger partial charge in [0, 0.05) is 0 Å². The molecule has 0 fully saturated rings. The normalized spacial score (nSPS) is 11.8. The van der Waals surface area contributed by atoms with Gasteiger partial charge in [-0.3, -0.25) is 4.79 Å². The number of hydrogen-bond donors (Lipinski definition) is 0. The summed E-state index contributed by atoms with van der Waals surface area (Å²) in [7, 11) is 0. The molecule has 0 aliphatic carbocycles. The first kappa shape index (κ1) is 20.8. The maximum absolute atomic E-state index is 12.1. The van der Waals surface area contributed by atoms with Crippen molar-refractivity contribution in [1.29, 1.82) is 0 Å². The van der Waals surface area contributed by atoms with Gasteiger partial charge < -0.3 is 14.2 Å². The Morgan fingerprint density at radius 3 is 1.63 bits per heavy atom. The van der Waals surface area contributed by atoms with Crippen LogP contribution in [0.1, 0.15) is 54.4 Å². The maximum atomic E-state index is 12.1. The van der Waals surface area contributed by atoms with Crippen molar-refractivity contribution in [3.8, 4) is 23.0 Å². The largest absolute Gasteiger partial charge is 0.488 e. The van der Waals surface area contributed by atoms with Crippen LogP contribution in [0, 0.1) is 5.41 Å². The van der Waals surface area contributed by atoms with Crippen LogP contribution in [0.4, 0.5) is 0 Å². The lowest BCUT2D eigenvalue weighted by atomic mass is 9.91. The van der Waals surface area contributed by atoms with Crippen molar-refractivity contribution in [3.63, 3.8) is 0 Å². The average Bonchev–Trinajstić information content (AvgIpc) is 2.64. The van der Waals surface area contributed by atoms with Crippen LogP contribution < -0.4 is 14.2 Å². The molecule has 0 amide bonds. The Bertz CT molecular complexity index is 743. The highest BCUT2D eigenvalue weighted by atomic mass is 16.5. The summed E-state index contributed by atoms with van der Waals surface area (Å²) in [5.41, 5.74) is -0.687. The Morgan fingerprint density at radius 1 is 0.741 bits per heavy atom. The van der Waals surface area contributed by atoms with Crippen molar-refractivity contribution in [2.45, 2.75) is 60.0 Å². The monoisotopic (exact) mass is 370 g/mol. The number of rotatable bonds is 8. The molecule has 0 saturated carbocycles. The zero-order chi connectivity index (χ0) is 20.1. The molecule has 4 nitrogen and oxygen atoms in total. The third-order valence-electron chi connectivity index (χ3n) is 4.78. The molecule has 0 unspecified atom stereocenters. The molecular formula is C23H30O4. The van der Waals surface area contributed by atoms with Crippen LogP contribution in [-0.4, -0.2) is 11.6 Å². The summed E-state index contributed by atoms with van der Waals surface area (Å²) in [5, 5.41) is 0. The van der Waals surface area contributed by atoms with Crippen molar-refractivity contribution in [2.75, 3.05) is 0 Å². The fourth-order valence-corrected chi connectivity index (χ4v) is 2.07. The predicted octanol–water partition coefficient (Wildman–Crippen LogP) is 6.39. The van der Waals surface area contributed by atoms with E-state index >= 15 is 0 Å². The minimum Gasteiger partial charge on any atom is -0.488 e. The van der Waals surface area contributed by atoms with Gasteiger partial charge in [-0.25, -0.2) is 0 Å². The molecule has 0 spiro atoms. The minimum absolute atomic E-state index is 0.192. The zero-order valence-electron chi connectivity index (χ0n) is 17.2. The zero-order valence-corrected chi connectivity index (χ0v) is 17.2. The Labute approximate surface area is 162 Å². The number of ether oxygens (including phenoxy) is 3. The smallest absolute Gasteiger partial charge is 0.316 e. The van der Waals surface area contributed by atoms with Gasteiger partial charge in [-0.05, 0) is 89.1 Å². The van der Waals surface area contributed by atoms with Gasteiger partial charge in [-0.2, -0.15) is 0 Å². The van der Waals surface area contributed by atoms with Crippen molar-refractivity contribution in [2.24, 2.45) is 5.41 Å². The van der Waals surface area contributed by atoms with Crippen LogP contribution in [0.15, 0.2) is 48.5 Å². The minimum atomic E-state index is -0.495. The predicted molar refractivity (Wildman–Crippen MR) is 108 cm³/mol. The van der Waals surface area contributed by atoms with E-state index in [0.29, 0.717) is 17.2 Å². The van der Waals surface area contributed by atoms with Gasteiger partial charge in [0.25, 0.3) is 0 Å². The molecule has 0 aliphatic heterocycles. The van der Waals surface area contributed by atoms with Crippen molar-refractivity contribution < 1.29 is 19.0 Å². The van der Waals surface area contributed by atoms with Gasteiger partial charge in [0.15, 0.2) is 0 Å². The average molecular weight is 370 g/mol. The van der Waals surface area contributed by atoms with Gasteiger partial charge in [0.2, 0.25) is 0 Å². The molecule has 0 bridgehead atoms. The van der Waals surface area contributed by atoms with Gasteiger partial charge in [-0.1, -0.05) is 13.8 Å². The van der Waals surface area contributed by atoms with Gasteiger partial charge >= 0.3 is 5.97 Å². The van der Waals surface area contributed by atoms with Crippen LogP contribution in [0.2, 0.25) is 0 Å². The summed E-state index contributed by atoms with van der Waals surface area (Å²) in [6, 6.07) is 14.6. The second-order valence-electron chi connectivity index (χ2n) is 7.89. The molecule has 2 rings (SSSR count). The quantitative estimate of drug-likeness (QED) is 0.399. The third-order valence-corrected chi connectivity index (χ3v) is 4.78. The SMILES string of the molecule is CCC(C)(C)Oc1ccc(Oc2ccc(OC(=O)C(C)(C)CC)cc2)cc1. The lowest BCUT2D eigenvalue weighted by Crippen LogP contribution is -2.28. The van der Waals surface area contributed by atoms with Crippen LogP contribution in [-0.2, 0) is 4.79 Å². The fraction of sp³-hybridized carbons (Fsp3) is 0.435. The lowest BCUT2D eigenvalue weighted by molar-refractivity contribution is -0.144. The topological polar surface area (TPSA) is 44.8 Å². The molecule has 4 heteroatoms. The van der Waals surface area contributed by atoms with E-state index in [1.165, 1.54) is 0 Å². The summed E-state index contributed by atoms with van der Waals surface area (Å²) in [4.78, 5) is 12.1. The van der Waals surface area contributed by atoms with Crippen molar-refractivity contribution >= 4 is 5.97 Å². The highest BCUT2D eigenvalue weighted by Gasteiger charge is 2.27. The van der Waals surface area contributed by atoms with Crippen molar-refractivity contribution in [1.82, 2.24) is 0 Å². The van der Waals surface area contributed by atoms with Crippen LogP contribution in [0.25, 0.3) is 0 Å². The van der Waals surface area contributed by atoms with E-state index in [4.69, 9.17) is 14.2 Å². The molecule has 0 saturated heterocycles. The van der Waals surface area contributed by atoms with E-state index in [1.54, 1.807) is 24.3 Å². The maximum Gasteiger partial charge on any atom is 0.316 e. The molecular weight excluding hydrogens is 340 g/mol. The highest BCUT2D eigenvalue weighted by Crippen LogP contribution is 2.29. The number of carbonyl (C=O) groups is 1. The second-order valence-corrected chi connectivity index (χ2v) is 7.89. The van der Waals surface area contributed by atoms with E-state index in [9.17, 15) is 4.79 Å². The summed E-state index contributed by atoms with van der Waals surface area (Å²) >= 11 is 0. The molecule has 0 aliphatic rings. The molecule has 27 heavy (non-hydrogen) atoms. The summed E-state index contributed by atoms with van der Waals surface area (Å²) in [6.07, 6.45) is 1.65. The standard InChI is InChI=1S/C23H30O4/c1-7-22(3,4)21(24)26-19-11-9-17(10-12-19)25-18-13-15-20(16-14-18)27-23(5,6)8-2/h9-16H,7-8H2,1-6H3. The van der Waals surface area contributed by atoms with Crippen LogP contribution >= 0.6 is 0 Å². The molecule has 0 radical (unpaired) electrons. The molecule has 0 N–H and O–H groups in total. The molecule has 2 aromatic carbocycles. The fourth-order valence-electron chi connectivity index (χ4n) is 2.07. The van der Waals surface area contributed by atoms with E-state index < -0.39 is 5.41 Å². The first-order chi connectivity index (χ1) is 12.6. The van der Waals surface area contributed by atoms with E-state index in [2.05, 4.69) is 20.8 Å². The first-order valence-electron chi connectivity index (χ1n) is 9.44. The van der Waals surface area contributed by atoms with Crippen molar-refractivity contribution in [3.05, 3.63) is 48.5 Å². The Morgan fingerprint density at radius 2 is 1.19 bits per heavy atom. The number of hydrogen-bond acceptors (Lipinski definition) is 4. The summed E-state index contributed by atoms with van der Waals surface area (Å²) in [6.45, 7) is 11.9. The molecule has 2 aromatic rings. The third kappa shape index (κ3) is 6.02. The van der Waals surface area contributed by atoms with E-state index in [0.717, 1.165) is 18.6 Å². The lowest BCUT2D eigenvalue weighted by Gasteiger charge is -2.24. The molecule has 0 aromatic heterocycles. The Balaban J connectivity index is 1.97. The first-order valence-corrected chi connectivity index (χ1v) is 9.44. The molecule has 0 atom stereocenters. The number of esters is 1. The van der Waals surface area contributed by atoms with Gasteiger partial charge in [0.05, 0.1) is 5.41 Å². The highest BCUT2D eigenvalue weighted by molar-refractivity contribution is 5.78. The van der Waals surface area contributed by atoms with E-state index in [1.807, 2.05) is 45.0 Å².